The van der Waals surface area contributed by atoms with Crippen molar-refractivity contribution >= 4 is 10.0 Å². The zero-order valence-corrected chi connectivity index (χ0v) is 12.2. The summed E-state index contributed by atoms with van der Waals surface area (Å²) in [6, 6.07) is 6.44. The zero-order chi connectivity index (χ0) is 14.0. The molecule has 1 heterocycles. The Balaban J connectivity index is 2.25. The third-order valence-electron chi connectivity index (χ3n) is 3.08. The third-order valence-corrected chi connectivity index (χ3v) is 4.93. The van der Waals surface area contributed by atoms with Gasteiger partial charge in [0.15, 0.2) is 0 Å². The van der Waals surface area contributed by atoms with Gasteiger partial charge in [-0.3, -0.25) is 0 Å². The number of morpholine rings is 1. The van der Waals surface area contributed by atoms with Crippen LogP contribution < -0.4 is 4.74 Å². The molecule has 0 saturated carbocycles. The van der Waals surface area contributed by atoms with E-state index in [1.54, 1.807) is 31.4 Å². The molecule has 0 aromatic heterocycles. The van der Waals surface area contributed by atoms with E-state index in [1.165, 1.54) is 4.31 Å². The van der Waals surface area contributed by atoms with Gasteiger partial charge in [-0.25, -0.2) is 8.42 Å². The molecule has 0 aliphatic carbocycles. The van der Waals surface area contributed by atoms with Gasteiger partial charge in [-0.05, 0) is 38.1 Å². The van der Waals surface area contributed by atoms with Crippen molar-refractivity contribution in [2.75, 3.05) is 20.2 Å². The molecule has 19 heavy (non-hydrogen) atoms. The molecule has 1 aliphatic rings. The average molecular weight is 285 g/mol. The molecule has 2 atom stereocenters. The molecule has 0 spiro atoms. The second-order valence-corrected chi connectivity index (χ2v) is 6.69. The molecule has 1 aromatic rings. The lowest BCUT2D eigenvalue weighted by Gasteiger charge is -2.34. The van der Waals surface area contributed by atoms with Gasteiger partial charge in [0, 0.05) is 13.1 Å². The molecule has 1 saturated heterocycles. The van der Waals surface area contributed by atoms with Crippen molar-refractivity contribution in [2.24, 2.45) is 0 Å². The fourth-order valence-corrected chi connectivity index (χ4v) is 3.81. The number of sulfonamides is 1. The van der Waals surface area contributed by atoms with E-state index < -0.39 is 10.0 Å². The van der Waals surface area contributed by atoms with E-state index in [0.717, 1.165) is 0 Å². The van der Waals surface area contributed by atoms with Gasteiger partial charge >= 0.3 is 0 Å². The van der Waals surface area contributed by atoms with Crippen LogP contribution in [0.2, 0.25) is 0 Å². The lowest BCUT2D eigenvalue weighted by atomic mass is 10.3. The van der Waals surface area contributed by atoms with Crippen LogP contribution in [0.1, 0.15) is 13.8 Å². The second kappa shape index (κ2) is 5.48. The molecule has 1 aliphatic heterocycles. The largest absolute Gasteiger partial charge is 0.497 e. The van der Waals surface area contributed by atoms with Crippen LogP contribution in [-0.4, -0.2) is 45.1 Å². The van der Waals surface area contributed by atoms with E-state index in [1.807, 2.05) is 13.8 Å². The normalized spacial score (nSPS) is 25.2. The number of methoxy groups -OCH3 is 1. The van der Waals surface area contributed by atoms with Gasteiger partial charge in [-0.1, -0.05) is 0 Å². The average Bonchev–Trinajstić information content (AvgIpc) is 2.37. The van der Waals surface area contributed by atoms with Crippen molar-refractivity contribution < 1.29 is 17.9 Å². The first-order valence-corrected chi connectivity index (χ1v) is 7.67. The number of ether oxygens (including phenoxy) is 2. The Kier molecular flexibility index (Phi) is 4.13. The highest BCUT2D eigenvalue weighted by Gasteiger charge is 2.32. The van der Waals surface area contributed by atoms with Crippen LogP contribution in [0, 0.1) is 0 Å². The molecule has 0 bridgehead atoms. The summed E-state index contributed by atoms with van der Waals surface area (Å²) in [5.41, 5.74) is 0. The van der Waals surface area contributed by atoms with Crippen LogP contribution in [0.15, 0.2) is 29.2 Å². The Hall–Kier alpha value is -1.11. The van der Waals surface area contributed by atoms with Gasteiger partial charge in [-0.2, -0.15) is 4.31 Å². The molecule has 2 rings (SSSR count). The molecule has 0 amide bonds. The summed E-state index contributed by atoms with van der Waals surface area (Å²) in [4.78, 5) is 0.287. The molecule has 0 unspecified atom stereocenters. The highest BCUT2D eigenvalue weighted by molar-refractivity contribution is 7.89. The van der Waals surface area contributed by atoms with Gasteiger partial charge in [0.25, 0.3) is 0 Å². The summed E-state index contributed by atoms with van der Waals surface area (Å²) in [7, 11) is -1.90. The van der Waals surface area contributed by atoms with Crippen LogP contribution >= 0.6 is 0 Å². The maximum atomic E-state index is 12.5. The molecule has 6 heteroatoms. The summed E-state index contributed by atoms with van der Waals surface area (Å²) in [5, 5.41) is 0. The molecule has 1 aromatic carbocycles. The maximum absolute atomic E-state index is 12.5. The number of hydrogen-bond acceptors (Lipinski definition) is 4. The smallest absolute Gasteiger partial charge is 0.243 e. The molecule has 1 fully saturated rings. The number of nitrogens with zero attached hydrogens (tertiary/aromatic N) is 1. The van der Waals surface area contributed by atoms with Gasteiger partial charge in [-0.15, -0.1) is 0 Å². The first kappa shape index (κ1) is 14.3. The minimum atomic E-state index is -3.46. The summed E-state index contributed by atoms with van der Waals surface area (Å²) < 4.78 is 37.1. The van der Waals surface area contributed by atoms with E-state index in [9.17, 15) is 8.42 Å². The third kappa shape index (κ3) is 3.08. The fourth-order valence-electron chi connectivity index (χ4n) is 2.22. The van der Waals surface area contributed by atoms with Crippen molar-refractivity contribution in [1.82, 2.24) is 4.31 Å². The van der Waals surface area contributed by atoms with E-state index in [2.05, 4.69) is 0 Å². The maximum Gasteiger partial charge on any atom is 0.243 e. The van der Waals surface area contributed by atoms with Crippen LogP contribution in [0.25, 0.3) is 0 Å². The highest BCUT2D eigenvalue weighted by Crippen LogP contribution is 2.22. The Labute approximate surface area is 114 Å². The Morgan fingerprint density at radius 3 is 2.16 bits per heavy atom. The Morgan fingerprint density at radius 1 is 1.16 bits per heavy atom. The first-order chi connectivity index (χ1) is 8.93. The molecular formula is C13H19NO4S. The van der Waals surface area contributed by atoms with Crippen molar-refractivity contribution in [2.45, 2.75) is 31.0 Å². The van der Waals surface area contributed by atoms with Crippen LogP contribution in [0.5, 0.6) is 5.75 Å². The highest BCUT2D eigenvalue weighted by atomic mass is 32.2. The lowest BCUT2D eigenvalue weighted by Crippen LogP contribution is -2.48. The van der Waals surface area contributed by atoms with Crippen LogP contribution in [-0.2, 0) is 14.8 Å². The summed E-state index contributed by atoms with van der Waals surface area (Å²) >= 11 is 0. The number of benzene rings is 1. The summed E-state index contributed by atoms with van der Waals surface area (Å²) in [5.74, 6) is 0.641. The van der Waals surface area contributed by atoms with E-state index in [4.69, 9.17) is 9.47 Å². The van der Waals surface area contributed by atoms with Crippen molar-refractivity contribution in [3.8, 4) is 5.75 Å². The predicted molar refractivity (Wildman–Crippen MR) is 71.8 cm³/mol. The summed E-state index contributed by atoms with van der Waals surface area (Å²) in [6.45, 7) is 4.54. The van der Waals surface area contributed by atoms with Crippen molar-refractivity contribution in [3.63, 3.8) is 0 Å². The van der Waals surface area contributed by atoms with Gasteiger partial charge in [0.2, 0.25) is 10.0 Å². The minimum Gasteiger partial charge on any atom is -0.497 e. The van der Waals surface area contributed by atoms with Crippen molar-refractivity contribution in [3.05, 3.63) is 24.3 Å². The van der Waals surface area contributed by atoms with Crippen LogP contribution in [0.4, 0.5) is 0 Å². The topological polar surface area (TPSA) is 55.8 Å². The Bertz CT molecular complexity index is 516. The van der Waals surface area contributed by atoms with E-state index >= 15 is 0 Å². The van der Waals surface area contributed by atoms with Gasteiger partial charge in [0.1, 0.15) is 5.75 Å². The quantitative estimate of drug-likeness (QED) is 0.844. The predicted octanol–water partition coefficient (Wildman–Crippen LogP) is 1.49. The Morgan fingerprint density at radius 2 is 1.68 bits per heavy atom. The molecule has 0 radical (unpaired) electrons. The molecular weight excluding hydrogens is 266 g/mol. The van der Waals surface area contributed by atoms with Crippen LogP contribution in [0.3, 0.4) is 0 Å². The SMILES string of the molecule is COc1ccc(S(=O)(=O)N2C[C@@H](C)O[C@H](C)C2)cc1. The first-order valence-electron chi connectivity index (χ1n) is 6.23. The molecule has 0 N–H and O–H groups in total. The van der Waals surface area contributed by atoms with Gasteiger partial charge in [0.05, 0.1) is 24.2 Å². The second-order valence-electron chi connectivity index (χ2n) is 4.75. The zero-order valence-electron chi connectivity index (χ0n) is 11.4. The lowest BCUT2D eigenvalue weighted by molar-refractivity contribution is -0.0440. The molecule has 5 nitrogen and oxygen atoms in total. The van der Waals surface area contributed by atoms with Gasteiger partial charge < -0.3 is 9.47 Å². The van der Waals surface area contributed by atoms with E-state index in [-0.39, 0.29) is 17.1 Å². The van der Waals surface area contributed by atoms with E-state index in [0.29, 0.717) is 18.8 Å². The fraction of sp³-hybridized carbons (Fsp3) is 0.538. The number of rotatable bonds is 3. The molecule has 106 valence electrons. The van der Waals surface area contributed by atoms with Crippen molar-refractivity contribution in [1.29, 1.82) is 0 Å². The summed E-state index contributed by atoms with van der Waals surface area (Å²) in [6.07, 6.45) is -0.173. The standard InChI is InChI=1S/C13H19NO4S/c1-10-8-14(9-11(2)18-10)19(15,16)13-6-4-12(17-3)5-7-13/h4-7,10-11H,8-9H2,1-3H3/t10-,11-/m1/s1. The minimum absolute atomic E-state index is 0.0863. The monoisotopic (exact) mass is 285 g/mol. The number of hydrogen-bond donors (Lipinski definition) is 0.